The van der Waals surface area contributed by atoms with E-state index in [-0.39, 0.29) is 12.1 Å². The molecule has 0 bridgehead atoms. The third-order valence-electron chi connectivity index (χ3n) is 5.84. The third kappa shape index (κ3) is 3.74. The molecule has 1 aliphatic rings. The summed E-state index contributed by atoms with van der Waals surface area (Å²) < 4.78 is 2.35. The molecule has 1 fully saturated rings. The van der Waals surface area contributed by atoms with Crippen LogP contribution in [0.25, 0.3) is 5.69 Å². The largest absolute Gasteiger partial charge is 0.352 e. The van der Waals surface area contributed by atoms with E-state index < -0.39 is 0 Å². The number of pyridine rings is 1. The molecule has 1 aromatic carbocycles. The van der Waals surface area contributed by atoms with Crippen molar-refractivity contribution in [2.24, 2.45) is 5.92 Å². The van der Waals surface area contributed by atoms with Gasteiger partial charge < -0.3 is 14.8 Å². The molecular formula is C25H30N4S. The summed E-state index contributed by atoms with van der Waals surface area (Å²) in [6.07, 6.45) is 1.86. The molecule has 0 spiro atoms. The molecule has 1 N–H and O–H groups in total. The molecule has 4 rings (SSSR count). The number of hydrogen-bond donors (Lipinski definition) is 1. The number of aromatic nitrogens is 2. The smallest absolute Gasteiger partial charge is 0.170 e. The lowest BCUT2D eigenvalue weighted by atomic mass is 9.96. The van der Waals surface area contributed by atoms with Crippen molar-refractivity contribution in [2.75, 3.05) is 6.54 Å². The number of rotatable bonds is 5. The Morgan fingerprint density at radius 3 is 2.43 bits per heavy atom. The van der Waals surface area contributed by atoms with Crippen LogP contribution in [-0.2, 0) is 0 Å². The van der Waals surface area contributed by atoms with Gasteiger partial charge in [-0.25, -0.2) is 0 Å². The van der Waals surface area contributed by atoms with Gasteiger partial charge in [0.25, 0.3) is 0 Å². The number of thiocarbonyl (C=S) groups is 1. The van der Waals surface area contributed by atoms with Gasteiger partial charge in [0.2, 0.25) is 0 Å². The molecule has 2 atom stereocenters. The molecule has 0 aliphatic carbocycles. The van der Waals surface area contributed by atoms with Gasteiger partial charge in [0.05, 0.1) is 17.8 Å². The average Bonchev–Trinajstić information content (AvgIpc) is 3.19. The Kier molecular flexibility index (Phi) is 5.65. The molecule has 0 saturated carbocycles. The quantitative estimate of drug-likeness (QED) is 0.561. The Morgan fingerprint density at radius 2 is 1.80 bits per heavy atom. The predicted octanol–water partition coefficient (Wildman–Crippen LogP) is 5.43. The average molecular weight is 419 g/mol. The van der Waals surface area contributed by atoms with Gasteiger partial charge in [0.1, 0.15) is 0 Å². The minimum atomic E-state index is 0.0319. The molecule has 3 heterocycles. The molecular weight excluding hydrogens is 388 g/mol. The summed E-state index contributed by atoms with van der Waals surface area (Å²) in [7, 11) is 0. The zero-order chi connectivity index (χ0) is 21.4. The molecule has 0 amide bonds. The molecule has 0 radical (unpaired) electrons. The Morgan fingerprint density at radius 1 is 1.07 bits per heavy atom. The van der Waals surface area contributed by atoms with Crippen LogP contribution in [0.4, 0.5) is 0 Å². The number of nitrogens with one attached hydrogen (secondary N) is 1. The van der Waals surface area contributed by atoms with Crippen LogP contribution in [0.5, 0.6) is 0 Å². The van der Waals surface area contributed by atoms with Gasteiger partial charge in [-0.1, -0.05) is 37.6 Å². The predicted molar refractivity (Wildman–Crippen MR) is 127 cm³/mol. The van der Waals surface area contributed by atoms with E-state index >= 15 is 0 Å². The zero-order valence-corrected chi connectivity index (χ0v) is 19.2. The molecule has 156 valence electrons. The maximum atomic E-state index is 5.78. The number of nitrogens with zero attached hydrogens (tertiary/aromatic N) is 3. The van der Waals surface area contributed by atoms with Gasteiger partial charge in [-0.2, -0.15) is 0 Å². The first-order chi connectivity index (χ1) is 14.4. The maximum absolute atomic E-state index is 5.78. The van der Waals surface area contributed by atoms with E-state index in [0.29, 0.717) is 5.92 Å². The zero-order valence-electron chi connectivity index (χ0n) is 18.4. The van der Waals surface area contributed by atoms with Crippen molar-refractivity contribution >= 4 is 17.3 Å². The molecule has 1 aliphatic heterocycles. The second kappa shape index (κ2) is 8.23. The molecule has 3 aromatic rings. The Hall–Kier alpha value is -2.66. The van der Waals surface area contributed by atoms with Crippen LogP contribution < -0.4 is 5.32 Å². The first-order valence-electron chi connectivity index (χ1n) is 10.6. The SMILES string of the molecule is Cc1ccc(-n2c(C)cc([C@H]3[C@H](c4ccccn4)NC(=S)N3CC(C)C)c2C)cc1. The molecule has 0 unspecified atom stereocenters. The van der Waals surface area contributed by atoms with Crippen molar-refractivity contribution in [3.63, 3.8) is 0 Å². The number of benzene rings is 1. The van der Waals surface area contributed by atoms with Gasteiger partial charge in [-0.15, -0.1) is 0 Å². The lowest BCUT2D eigenvalue weighted by Crippen LogP contribution is -2.33. The van der Waals surface area contributed by atoms with Gasteiger partial charge in [-0.3, -0.25) is 4.98 Å². The van der Waals surface area contributed by atoms with Crippen molar-refractivity contribution in [3.05, 3.63) is 82.9 Å². The summed E-state index contributed by atoms with van der Waals surface area (Å²) in [5.74, 6) is 0.510. The van der Waals surface area contributed by atoms with E-state index in [4.69, 9.17) is 12.2 Å². The minimum absolute atomic E-state index is 0.0319. The minimum Gasteiger partial charge on any atom is -0.352 e. The van der Waals surface area contributed by atoms with E-state index in [9.17, 15) is 0 Å². The number of aryl methyl sites for hydroxylation is 2. The van der Waals surface area contributed by atoms with Crippen LogP contribution >= 0.6 is 12.2 Å². The van der Waals surface area contributed by atoms with Crippen LogP contribution in [0.2, 0.25) is 0 Å². The Balaban J connectivity index is 1.83. The van der Waals surface area contributed by atoms with Crippen molar-refractivity contribution in [1.82, 2.24) is 19.8 Å². The van der Waals surface area contributed by atoms with Crippen LogP contribution in [-0.4, -0.2) is 26.1 Å². The highest BCUT2D eigenvalue weighted by atomic mass is 32.1. The van der Waals surface area contributed by atoms with Crippen LogP contribution in [0, 0.1) is 26.7 Å². The summed E-state index contributed by atoms with van der Waals surface area (Å²) in [5, 5.41) is 4.37. The van der Waals surface area contributed by atoms with E-state index in [0.717, 1.165) is 17.4 Å². The summed E-state index contributed by atoms with van der Waals surface area (Å²) >= 11 is 5.78. The standard InChI is InChI=1S/C25H30N4S/c1-16(2)15-28-24(23(27-25(28)30)22-8-6-7-13-26-22)21-14-18(4)29(19(21)5)20-11-9-17(3)10-12-20/h6-14,16,23-24H,15H2,1-5H3,(H,27,30)/t23-,24-/m0/s1. The Bertz CT molecular complexity index is 1040. The van der Waals surface area contributed by atoms with Crippen molar-refractivity contribution < 1.29 is 0 Å². The van der Waals surface area contributed by atoms with Gasteiger partial charge in [-0.05, 0) is 74.8 Å². The number of hydrogen-bond acceptors (Lipinski definition) is 2. The topological polar surface area (TPSA) is 33.1 Å². The molecule has 30 heavy (non-hydrogen) atoms. The molecule has 1 saturated heterocycles. The third-order valence-corrected chi connectivity index (χ3v) is 6.19. The first kappa shape index (κ1) is 20.6. The fourth-order valence-corrected chi connectivity index (χ4v) is 4.83. The van der Waals surface area contributed by atoms with E-state index in [1.807, 2.05) is 18.3 Å². The normalized spacial score (nSPS) is 18.9. The fourth-order valence-electron chi connectivity index (χ4n) is 4.51. The summed E-state index contributed by atoms with van der Waals surface area (Å²) in [4.78, 5) is 7.00. The fraction of sp³-hybridized carbons (Fsp3) is 0.360. The van der Waals surface area contributed by atoms with Crippen molar-refractivity contribution in [3.8, 4) is 5.69 Å². The summed E-state index contributed by atoms with van der Waals surface area (Å²) in [6.45, 7) is 11.9. The van der Waals surface area contributed by atoms with E-state index in [1.165, 1.54) is 28.2 Å². The first-order valence-corrected chi connectivity index (χ1v) is 11.0. The second-order valence-corrected chi connectivity index (χ2v) is 9.06. The molecule has 2 aromatic heterocycles. The van der Waals surface area contributed by atoms with Gasteiger partial charge >= 0.3 is 0 Å². The van der Waals surface area contributed by atoms with Crippen molar-refractivity contribution in [1.29, 1.82) is 0 Å². The van der Waals surface area contributed by atoms with Crippen molar-refractivity contribution in [2.45, 2.75) is 46.7 Å². The summed E-state index contributed by atoms with van der Waals surface area (Å²) in [5.41, 5.74) is 7.27. The highest BCUT2D eigenvalue weighted by molar-refractivity contribution is 7.80. The Labute approximate surface area is 184 Å². The highest BCUT2D eigenvalue weighted by Gasteiger charge is 2.41. The van der Waals surface area contributed by atoms with Crippen LogP contribution in [0.3, 0.4) is 0 Å². The molecule has 5 heteroatoms. The highest BCUT2D eigenvalue weighted by Crippen LogP contribution is 2.41. The van der Waals surface area contributed by atoms with E-state index in [2.05, 4.69) is 90.8 Å². The molecule has 4 nitrogen and oxygen atoms in total. The van der Waals surface area contributed by atoms with Gasteiger partial charge in [0, 0.05) is 29.8 Å². The van der Waals surface area contributed by atoms with Crippen LogP contribution in [0.1, 0.15) is 54.1 Å². The van der Waals surface area contributed by atoms with E-state index in [1.54, 1.807) is 0 Å². The second-order valence-electron chi connectivity index (χ2n) is 8.67. The lowest BCUT2D eigenvalue weighted by molar-refractivity contribution is 0.287. The maximum Gasteiger partial charge on any atom is 0.170 e. The lowest BCUT2D eigenvalue weighted by Gasteiger charge is -2.29. The monoisotopic (exact) mass is 418 g/mol. The van der Waals surface area contributed by atoms with Gasteiger partial charge in [0.15, 0.2) is 5.11 Å². The van der Waals surface area contributed by atoms with Crippen LogP contribution in [0.15, 0.2) is 54.7 Å². The summed E-state index contributed by atoms with van der Waals surface area (Å²) in [6, 6.07) is 17.3.